The zero-order chi connectivity index (χ0) is 14.5. The average Bonchev–Trinajstić information content (AvgIpc) is 2.66. The minimum absolute atomic E-state index is 0.0376. The molecule has 110 valence electrons. The molecule has 2 aliphatic rings. The summed E-state index contributed by atoms with van der Waals surface area (Å²) in [4.78, 5) is 24.5. The van der Waals surface area contributed by atoms with Crippen LogP contribution >= 0.6 is 7.82 Å². The van der Waals surface area contributed by atoms with Crippen LogP contribution in [0.3, 0.4) is 0 Å². The smallest absolute Gasteiger partial charge is 0.386 e. The molecular formula is C9H12N3O7P. The number of hydrogen-bond donors (Lipinski definition) is 3. The molecule has 0 aromatic carbocycles. The van der Waals surface area contributed by atoms with Crippen molar-refractivity contribution >= 4 is 13.6 Å². The standard InChI is InChI=1S/C9H12N3O7P/c10-5-1-2-12(9(14)11-5)8-6(13)7-4(18-8)3-17-20(15,16)19-7/h1-2,4,6-8,13H,3H2,(H,15,16)(H2,10,11,14)/t4-,6-,7+,8-/m1/s1. The first-order valence-electron chi connectivity index (χ1n) is 5.71. The number of aliphatic hydroxyl groups excluding tert-OH is 1. The normalized spacial score (nSPS) is 40.5. The Hall–Kier alpha value is -1.29. The first-order valence-corrected chi connectivity index (χ1v) is 7.21. The van der Waals surface area contributed by atoms with E-state index in [1.54, 1.807) is 0 Å². The average molecular weight is 305 g/mol. The van der Waals surface area contributed by atoms with E-state index in [0.717, 1.165) is 4.57 Å². The van der Waals surface area contributed by atoms with Gasteiger partial charge in [0.15, 0.2) is 6.23 Å². The second kappa shape index (κ2) is 4.62. The molecule has 4 N–H and O–H groups in total. The maximum atomic E-state index is 11.7. The Morgan fingerprint density at radius 3 is 3.00 bits per heavy atom. The molecule has 10 nitrogen and oxygen atoms in total. The summed E-state index contributed by atoms with van der Waals surface area (Å²) in [6.07, 6.45) is -2.91. The van der Waals surface area contributed by atoms with E-state index in [1.165, 1.54) is 12.3 Å². The van der Waals surface area contributed by atoms with E-state index in [9.17, 15) is 19.4 Å². The minimum Gasteiger partial charge on any atom is -0.386 e. The van der Waals surface area contributed by atoms with E-state index >= 15 is 0 Å². The summed E-state index contributed by atoms with van der Waals surface area (Å²) in [6.45, 7) is -0.219. The van der Waals surface area contributed by atoms with Crippen LogP contribution in [0.2, 0.25) is 0 Å². The van der Waals surface area contributed by atoms with E-state index in [2.05, 4.69) is 9.51 Å². The SMILES string of the molecule is Nc1ccn([C@@H]2O[C@@H]3COP(=O)(O)O[C@@H]3[C@H]2O)c(=O)n1. The third kappa shape index (κ3) is 2.26. The molecule has 1 aromatic rings. The van der Waals surface area contributed by atoms with Crippen LogP contribution in [0, 0.1) is 0 Å². The number of hydrogen-bond acceptors (Lipinski definition) is 8. The van der Waals surface area contributed by atoms with Crippen LogP contribution in [0.1, 0.15) is 6.23 Å². The van der Waals surface area contributed by atoms with Gasteiger partial charge in [0.2, 0.25) is 0 Å². The zero-order valence-electron chi connectivity index (χ0n) is 10.0. The van der Waals surface area contributed by atoms with E-state index in [1.807, 2.05) is 0 Å². The van der Waals surface area contributed by atoms with Gasteiger partial charge < -0.3 is 20.5 Å². The van der Waals surface area contributed by atoms with Gasteiger partial charge in [-0.1, -0.05) is 0 Å². The molecule has 0 bridgehead atoms. The van der Waals surface area contributed by atoms with Crippen LogP contribution in [0.15, 0.2) is 17.1 Å². The number of aromatic nitrogens is 2. The lowest BCUT2D eigenvalue weighted by Crippen LogP contribution is -2.40. The zero-order valence-corrected chi connectivity index (χ0v) is 10.9. The first kappa shape index (κ1) is 13.7. The summed E-state index contributed by atoms with van der Waals surface area (Å²) in [5.41, 5.74) is 4.66. The highest BCUT2D eigenvalue weighted by molar-refractivity contribution is 7.47. The number of nitrogens with zero attached hydrogens (tertiary/aromatic N) is 2. The summed E-state index contributed by atoms with van der Waals surface area (Å²) >= 11 is 0. The number of ether oxygens (including phenoxy) is 1. The van der Waals surface area contributed by atoms with E-state index in [-0.39, 0.29) is 12.4 Å². The molecule has 3 rings (SSSR count). The second-order valence-electron chi connectivity index (χ2n) is 4.43. The van der Waals surface area contributed by atoms with E-state index < -0.39 is 38.1 Å². The van der Waals surface area contributed by atoms with Crippen molar-refractivity contribution in [3.63, 3.8) is 0 Å². The molecule has 20 heavy (non-hydrogen) atoms. The molecule has 2 aliphatic heterocycles. The molecule has 0 saturated carbocycles. The van der Waals surface area contributed by atoms with Crippen molar-refractivity contribution in [3.8, 4) is 0 Å². The highest BCUT2D eigenvalue weighted by Crippen LogP contribution is 2.52. The molecule has 1 aromatic heterocycles. The van der Waals surface area contributed by atoms with Gasteiger partial charge in [-0.25, -0.2) is 9.36 Å². The predicted octanol–water partition coefficient (Wildman–Crippen LogP) is -1.40. The van der Waals surface area contributed by atoms with Crippen LogP contribution in [-0.4, -0.2) is 44.5 Å². The summed E-state index contributed by atoms with van der Waals surface area (Å²) in [6, 6.07) is 1.37. The Balaban J connectivity index is 1.90. The largest absolute Gasteiger partial charge is 0.472 e. The van der Waals surface area contributed by atoms with Crippen molar-refractivity contribution in [1.82, 2.24) is 9.55 Å². The molecule has 5 atom stereocenters. The van der Waals surface area contributed by atoms with Crippen molar-refractivity contribution in [3.05, 3.63) is 22.7 Å². The van der Waals surface area contributed by atoms with Gasteiger partial charge in [-0.3, -0.25) is 13.6 Å². The topological polar surface area (TPSA) is 146 Å². The predicted molar refractivity (Wildman–Crippen MR) is 63.5 cm³/mol. The molecular weight excluding hydrogens is 293 g/mol. The van der Waals surface area contributed by atoms with Crippen molar-refractivity contribution < 1.29 is 28.3 Å². The van der Waals surface area contributed by atoms with Crippen LogP contribution in [-0.2, 0) is 18.3 Å². The fourth-order valence-electron chi connectivity index (χ4n) is 2.19. The quantitative estimate of drug-likeness (QED) is 0.533. The van der Waals surface area contributed by atoms with Gasteiger partial charge >= 0.3 is 13.5 Å². The van der Waals surface area contributed by atoms with Crippen molar-refractivity contribution in [1.29, 1.82) is 0 Å². The molecule has 0 amide bonds. The second-order valence-corrected chi connectivity index (χ2v) is 5.84. The van der Waals surface area contributed by atoms with Gasteiger partial charge in [0.05, 0.1) is 6.61 Å². The van der Waals surface area contributed by atoms with Crippen LogP contribution < -0.4 is 11.4 Å². The Kier molecular flexibility index (Phi) is 3.16. The van der Waals surface area contributed by atoms with E-state index in [4.69, 9.17) is 15.0 Å². The number of rotatable bonds is 1. The Labute approximate surface area is 112 Å². The van der Waals surface area contributed by atoms with Crippen LogP contribution in [0.5, 0.6) is 0 Å². The molecule has 0 spiro atoms. The maximum absolute atomic E-state index is 11.7. The fraction of sp³-hybridized carbons (Fsp3) is 0.556. The van der Waals surface area contributed by atoms with Gasteiger partial charge in [0.25, 0.3) is 0 Å². The minimum atomic E-state index is -4.19. The van der Waals surface area contributed by atoms with Crippen molar-refractivity contribution in [2.75, 3.05) is 12.3 Å². The summed E-state index contributed by atoms with van der Waals surface area (Å²) in [7, 11) is -4.19. The van der Waals surface area contributed by atoms with Gasteiger partial charge in [-0.2, -0.15) is 4.98 Å². The molecule has 0 aliphatic carbocycles. The number of anilines is 1. The lowest BCUT2D eigenvalue weighted by atomic mass is 10.1. The van der Waals surface area contributed by atoms with Crippen LogP contribution in [0.25, 0.3) is 0 Å². The summed E-state index contributed by atoms with van der Waals surface area (Å²) in [5, 5.41) is 10.1. The molecule has 2 fully saturated rings. The lowest BCUT2D eigenvalue weighted by molar-refractivity contribution is -0.0685. The molecule has 11 heteroatoms. The molecule has 2 saturated heterocycles. The number of nitrogen functional groups attached to an aromatic ring is 1. The van der Waals surface area contributed by atoms with Crippen molar-refractivity contribution in [2.45, 2.75) is 24.5 Å². The monoisotopic (exact) mass is 305 g/mol. The highest BCUT2D eigenvalue weighted by atomic mass is 31.2. The van der Waals surface area contributed by atoms with Gasteiger partial charge in [0.1, 0.15) is 24.1 Å². The number of phosphoric acid groups is 1. The fourth-order valence-corrected chi connectivity index (χ4v) is 3.15. The van der Waals surface area contributed by atoms with Gasteiger partial charge in [-0.05, 0) is 6.07 Å². The van der Waals surface area contributed by atoms with Gasteiger partial charge in [0, 0.05) is 6.20 Å². The van der Waals surface area contributed by atoms with Crippen molar-refractivity contribution in [2.24, 2.45) is 0 Å². The van der Waals surface area contributed by atoms with E-state index in [0.29, 0.717) is 0 Å². The van der Waals surface area contributed by atoms with Crippen LogP contribution in [0.4, 0.5) is 5.82 Å². The van der Waals surface area contributed by atoms with Gasteiger partial charge in [-0.15, -0.1) is 0 Å². The Bertz CT molecular complexity index is 634. The lowest BCUT2D eigenvalue weighted by Gasteiger charge is -2.27. The highest BCUT2D eigenvalue weighted by Gasteiger charge is 2.52. The summed E-state index contributed by atoms with van der Waals surface area (Å²) in [5.74, 6) is 0.0376. The number of aliphatic hydroxyl groups is 1. The maximum Gasteiger partial charge on any atom is 0.472 e. The molecule has 1 unspecified atom stereocenters. The number of phosphoric ester groups is 1. The third-order valence-electron chi connectivity index (χ3n) is 3.09. The molecule has 0 radical (unpaired) electrons. The number of fused-ring (bicyclic) bond motifs is 1. The third-order valence-corrected chi connectivity index (χ3v) is 4.08. The summed E-state index contributed by atoms with van der Waals surface area (Å²) < 4.78 is 27.2. The number of nitrogens with two attached hydrogens (primary N) is 1. The molecule has 3 heterocycles. The first-order chi connectivity index (χ1) is 9.37. The Morgan fingerprint density at radius 2 is 2.30 bits per heavy atom. The Morgan fingerprint density at radius 1 is 1.55 bits per heavy atom.